The number of aromatic hydroxyl groups is 1. The number of ether oxygens (including phenoxy) is 1. The van der Waals surface area contributed by atoms with Gasteiger partial charge in [-0.25, -0.2) is 4.79 Å². The fourth-order valence-corrected chi connectivity index (χ4v) is 2.90. The van der Waals surface area contributed by atoms with Gasteiger partial charge in [0.05, 0.1) is 17.4 Å². The molecule has 2 aromatic rings. The zero-order chi connectivity index (χ0) is 17.8. The Morgan fingerprint density at radius 1 is 1.04 bits per heavy atom. The van der Waals surface area contributed by atoms with Crippen molar-refractivity contribution in [2.75, 3.05) is 5.32 Å². The Balaban J connectivity index is 1.70. The molecule has 0 heterocycles. The smallest absolute Gasteiger partial charge is 0.337 e. The molecule has 1 aliphatic rings. The summed E-state index contributed by atoms with van der Waals surface area (Å²) in [4.78, 5) is 23.5. The summed E-state index contributed by atoms with van der Waals surface area (Å²) >= 11 is 0. The molecule has 6 heteroatoms. The maximum Gasteiger partial charge on any atom is 0.337 e. The fraction of sp³-hybridized carbons (Fsp3) is 0.263. The summed E-state index contributed by atoms with van der Waals surface area (Å²) in [6.07, 6.45) is 4.73. The Morgan fingerprint density at radius 3 is 2.36 bits per heavy atom. The molecule has 0 saturated heterocycles. The number of hydrogen-bond donors (Lipinski definition) is 3. The lowest BCUT2D eigenvalue weighted by molar-refractivity contribution is 0.0697. The molecule has 3 N–H and O–H groups in total. The predicted octanol–water partition coefficient (Wildman–Crippen LogP) is 3.66. The Bertz CT molecular complexity index is 779. The lowest BCUT2D eigenvalue weighted by Gasteiger charge is -2.13. The van der Waals surface area contributed by atoms with Crippen molar-refractivity contribution in [3.63, 3.8) is 0 Å². The second-order valence-electron chi connectivity index (χ2n) is 6.04. The number of phenolic OH excluding ortho intramolecular Hbond substituents is 1. The quantitative estimate of drug-likeness (QED) is 0.721. The molecule has 130 valence electrons. The molecule has 1 saturated carbocycles. The monoisotopic (exact) mass is 341 g/mol. The van der Waals surface area contributed by atoms with Gasteiger partial charge in [-0.1, -0.05) is 0 Å². The molecule has 1 amide bonds. The first kappa shape index (κ1) is 16.8. The van der Waals surface area contributed by atoms with Gasteiger partial charge in [-0.05, 0) is 68.1 Å². The molecule has 1 fully saturated rings. The summed E-state index contributed by atoms with van der Waals surface area (Å²) in [6.45, 7) is 0. The summed E-state index contributed by atoms with van der Waals surface area (Å²) in [5.74, 6) is -1.12. The third kappa shape index (κ3) is 4.09. The summed E-state index contributed by atoms with van der Waals surface area (Å²) in [7, 11) is 0. The van der Waals surface area contributed by atoms with E-state index in [2.05, 4.69) is 5.32 Å². The Kier molecular flexibility index (Phi) is 4.88. The van der Waals surface area contributed by atoms with Crippen LogP contribution in [0.1, 0.15) is 46.4 Å². The number of rotatable bonds is 5. The number of nitrogens with one attached hydrogen (secondary N) is 1. The standard InChI is InChI=1S/C19H19NO5/c21-13-7-10-17(16(11-13)19(23)24)20-18(22)12-5-8-15(9-6-12)25-14-3-1-2-4-14/h5-11,14,21H,1-4H2,(H,20,22)(H,23,24). The van der Waals surface area contributed by atoms with E-state index < -0.39 is 11.9 Å². The van der Waals surface area contributed by atoms with Crippen molar-refractivity contribution < 1.29 is 24.5 Å². The molecule has 0 aromatic heterocycles. The summed E-state index contributed by atoms with van der Waals surface area (Å²) in [6, 6.07) is 10.5. The summed E-state index contributed by atoms with van der Waals surface area (Å²) in [5, 5.41) is 21.1. The normalized spacial score (nSPS) is 14.2. The van der Waals surface area contributed by atoms with Gasteiger partial charge in [-0.3, -0.25) is 4.79 Å². The Hall–Kier alpha value is -3.02. The molecule has 0 bridgehead atoms. The number of anilines is 1. The van der Waals surface area contributed by atoms with Gasteiger partial charge in [0.1, 0.15) is 11.5 Å². The minimum atomic E-state index is -1.23. The topological polar surface area (TPSA) is 95.9 Å². The second-order valence-corrected chi connectivity index (χ2v) is 6.04. The minimum Gasteiger partial charge on any atom is -0.508 e. The molecule has 1 aliphatic carbocycles. The molecule has 0 radical (unpaired) electrons. The maximum atomic E-state index is 12.3. The number of carboxylic acid groups (broad SMARTS) is 1. The first-order valence-corrected chi connectivity index (χ1v) is 8.17. The van der Waals surface area contributed by atoms with Crippen LogP contribution in [0.15, 0.2) is 42.5 Å². The number of hydrogen-bond acceptors (Lipinski definition) is 4. The number of carboxylic acids is 1. The molecular weight excluding hydrogens is 322 g/mol. The Morgan fingerprint density at radius 2 is 1.72 bits per heavy atom. The van der Waals surface area contributed by atoms with Crippen molar-refractivity contribution in [2.24, 2.45) is 0 Å². The lowest BCUT2D eigenvalue weighted by atomic mass is 10.1. The number of aromatic carboxylic acids is 1. The molecular formula is C19H19NO5. The molecule has 0 spiro atoms. The molecule has 25 heavy (non-hydrogen) atoms. The van der Waals surface area contributed by atoms with Crippen molar-refractivity contribution in [3.8, 4) is 11.5 Å². The largest absolute Gasteiger partial charge is 0.508 e. The van der Waals surface area contributed by atoms with E-state index in [1.54, 1.807) is 24.3 Å². The van der Waals surface area contributed by atoms with E-state index in [-0.39, 0.29) is 23.1 Å². The van der Waals surface area contributed by atoms with Crippen LogP contribution in [0, 0.1) is 0 Å². The van der Waals surface area contributed by atoms with Crippen molar-refractivity contribution in [1.82, 2.24) is 0 Å². The highest BCUT2D eigenvalue weighted by Gasteiger charge is 2.17. The van der Waals surface area contributed by atoms with E-state index in [0.717, 1.165) is 24.7 Å². The number of phenols is 1. The highest BCUT2D eigenvalue weighted by atomic mass is 16.5. The first-order valence-electron chi connectivity index (χ1n) is 8.17. The number of amides is 1. The van der Waals surface area contributed by atoms with Gasteiger partial charge in [-0.15, -0.1) is 0 Å². The van der Waals surface area contributed by atoms with Crippen LogP contribution in [-0.4, -0.2) is 28.2 Å². The zero-order valence-electron chi connectivity index (χ0n) is 13.6. The van der Waals surface area contributed by atoms with E-state index in [9.17, 15) is 14.7 Å². The van der Waals surface area contributed by atoms with Crippen LogP contribution < -0.4 is 10.1 Å². The van der Waals surface area contributed by atoms with Crippen molar-refractivity contribution in [1.29, 1.82) is 0 Å². The van der Waals surface area contributed by atoms with E-state index in [4.69, 9.17) is 9.84 Å². The number of carbonyl (C=O) groups is 2. The third-order valence-corrected chi connectivity index (χ3v) is 4.20. The predicted molar refractivity (Wildman–Crippen MR) is 92.3 cm³/mol. The van der Waals surface area contributed by atoms with Crippen molar-refractivity contribution >= 4 is 17.6 Å². The minimum absolute atomic E-state index is 0.126. The van der Waals surface area contributed by atoms with Crippen LogP contribution in [0.4, 0.5) is 5.69 Å². The fourth-order valence-electron chi connectivity index (χ4n) is 2.90. The van der Waals surface area contributed by atoms with E-state index in [0.29, 0.717) is 5.56 Å². The van der Waals surface area contributed by atoms with Crippen LogP contribution in [-0.2, 0) is 0 Å². The first-order chi connectivity index (χ1) is 12.0. The van der Waals surface area contributed by atoms with Crippen LogP contribution in [0.5, 0.6) is 11.5 Å². The van der Waals surface area contributed by atoms with Crippen LogP contribution in [0.3, 0.4) is 0 Å². The average Bonchev–Trinajstić information content (AvgIpc) is 3.10. The summed E-state index contributed by atoms with van der Waals surface area (Å²) in [5.41, 5.74) is 0.347. The molecule has 0 atom stereocenters. The SMILES string of the molecule is O=C(Nc1ccc(O)cc1C(=O)O)c1ccc(OC2CCCC2)cc1. The van der Waals surface area contributed by atoms with Crippen molar-refractivity contribution in [3.05, 3.63) is 53.6 Å². The highest BCUT2D eigenvalue weighted by Crippen LogP contribution is 2.25. The van der Waals surface area contributed by atoms with E-state index >= 15 is 0 Å². The number of benzene rings is 2. The van der Waals surface area contributed by atoms with Gasteiger partial charge in [-0.2, -0.15) is 0 Å². The Labute approximate surface area is 145 Å². The number of carbonyl (C=O) groups excluding carboxylic acids is 1. The molecule has 2 aromatic carbocycles. The van der Waals surface area contributed by atoms with Gasteiger partial charge in [0.2, 0.25) is 0 Å². The van der Waals surface area contributed by atoms with Gasteiger partial charge in [0, 0.05) is 5.56 Å². The highest BCUT2D eigenvalue weighted by molar-refractivity contribution is 6.07. The third-order valence-electron chi connectivity index (χ3n) is 4.20. The molecule has 0 aliphatic heterocycles. The molecule has 0 unspecified atom stereocenters. The van der Waals surface area contributed by atoms with E-state index in [1.165, 1.54) is 25.0 Å². The lowest BCUT2D eigenvalue weighted by Crippen LogP contribution is -2.15. The van der Waals surface area contributed by atoms with Crippen LogP contribution >= 0.6 is 0 Å². The van der Waals surface area contributed by atoms with Crippen LogP contribution in [0.2, 0.25) is 0 Å². The van der Waals surface area contributed by atoms with Gasteiger partial charge in [0.25, 0.3) is 5.91 Å². The second kappa shape index (κ2) is 7.25. The van der Waals surface area contributed by atoms with Crippen molar-refractivity contribution in [2.45, 2.75) is 31.8 Å². The average molecular weight is 341 g/mol. The van der Waals surface area contributed by atoms with E-state index in [1.807, 2.05) is 0 Å². The van der Waals surface area contributed by atoms with Gasteiger partial charge in [0.15, 0.2) is 0 Å². The summed E-state index contributed by atoms with van der Waals surface area (Å²) < 4.78 is 5.85. The molecule has 3 rings (SSSR count). The van der Waals surface area contributed by atoms with Gasteiger partial charge < -0.3 is 20.3 Å². The van der Waals surface area contributed by atoms with Gasteiger partial charge >= 0.3 is 5.97 Å². The van der Waals surface area contributed by atoms with Crippen LogP contribution in [0.25, 0.3) is 0 Å². The maximum absolute atomic E-state index is 12.3. The zero-order valence-corrected chi connectivity index (χ0v) is 13.6. The molecule has 6 nitrogen and oxygen atoms in total.